The molecular formula is C31H26N2O5. The van der Waals surface area contributed by atoms with E-state index in [1.807, 2.05) is 121 Å². The van der Waals surface area contributed by atoms with Crippen LogP contribution in [0.25, 0.3) is 0 Å². The van der Waals surface area contributed by atoms with Gasteiger partial charge in [0.05, 0.1) is 6.04 Å². The van der Waals surface area contributed by atoms with Crippen LogP contribution in [0, 0.1) is 0 Å². The third kappa shape index (κ3) is 5.27. The van der Waals surface area contributed by atoms with Gasteiger partial charge in [-0.15, -0.1) is 0 Å². The van der Waals surface area contributed by atoms with Crippen molar-refractivity contribution in [3.05, 3.63) is 138 Å². The van der Waals surface area contributed by atoms with E-state index in [4.69, 9.17) is 9.47 Å². The average Bonchev–Trinajstić information content (AvgIpc) is 2.98. The summed E-state index contributed by atoms with van der Waals surface area (Å²) in [5.41, 5.74) is 2.95. The van der Waals surface area contributed by atoms with E-state index in [1.54, 1.807) is 4.90 Å². The van der Waals surface area contributed by atoms with Crippen LogP contribution in [0.15, 0.2) is 121 Å². The number of anilines is 1. The summed E-state index contributed by atoms with van der Waals surface area (Å²) in [6.45, 7) is -0.108. The number of nitrogens with zero attached hydrogens (tertiary/aromatic N) is 2. The lowest BCUT2D eigenvalue weighted by atomic mass is 9.86. The van der Waals surface area contributed by atoms with Crippen molar-refractivity contribution in [2.75, 3.05) is 4.90 Å². The number of hydrogen-bond donors (Lipinski definition) is 0. The van der Waals surface area contributed by atoms with Gasteiger partial charge in [0.25, 0.3) is 5.91 Å². The van der Waals surface area contributed by atoms with Gasteiger partial charge >= 0.3 is 12.2 Å². The van der Waals surface area contributed by atoms with Gasteiger partial charge in [0, 0.05) is 5.69 Å². The van der Waals surface area contributed by atoms with Gasteiger partial charge in [-0.2, -0.15) is 4.90 Å². The number of amides is 3. The monoisotopic (exact) mass is 506 g/mol. The maximum atomic E-state index is 13.6. The Labute approximate surface area is 220 Å². The molecule has 0 N–H and O–H groups in total. The molecule has 7 heteroatoms. The summed E-state index contributed by atoms with van der Waals surface area (Å²) in [5, 5.41) is 0. The van der Waals surface area contributed by atoms with E-state index in [0.717, 1.165) is 21.6 Å². The highest BCUT2D eigenvalue weighted by atomic mass is 16.6. The molecule has 0 saturated carbocycles. The zero-order chi connectivity index (χ0) is 26.3. The number of carbonyl (C=O) groups excluding carboxylic acids is 3. The van der Waals surface area contributed by atoms with E-state index < -0.39 is 30.2 Å². The van der Waals surface area contributed by atoms with Crippen molar-refractivity contribution < 1.29 is 23.9 Å². The highest BCUT2D eigenvalue weighted by molar-refractivity contribution is 6.09. The van der Waals surface area contributed by atoms with Crippen molar-refractivity contribution in [1.29, 1.82) is 0 Å². The molecule has 1 aliphatic heterocycles. The first-order valence-corrected chi connectivity index (χ1v) is 12.3. The third-order valence-corrected chi connectivity index (χ3v) is 6.32. The average molecular weight is 507 g/mol. The Morgan fingerprint density at radius 1 is 0.632 bits per heavy atom. The summed E-state index contributed by atoms with van der Waals surface area (Å²) in [6, 6.07) is 35.0. The predicted molar refractivity (Wildman–Crippen MR) is 142 cm³/mol. The van der Waals surface area contributed by atoms with E-state index in [9.17, 15) is 14.4 Å². The minimum Gasteiger partial charge on any atom is -0.444 e. The second-order valence-electron chi connectivity index (χ2n) is 8.79. The van der Waals surface area contributed by atoms with Gasteiger partial charge in [-0.1, -0.05) is 109 Å². The quantitative estimate of drug-likeness (QED) is 0.282. The smallest absolute Gasteiger partial charge is 0.420 e. The predicted octanol–water partition coefficient (Wildman–Crippen LogP) is 6.12. The Kier molecular flexibility index (Phi) is 7.45. The van der Waals surface area contributed by atoms with Gasteiger partial charge in [0.2, 0.25) is 0 Å². The van der Waals surface area contributed by atoms with Crippen LogP contribution < -0.4 is 4.90 Å². The highest BCUT2D eigenvalue weighted by Crippen LogP contribution is 2.42. The normalized spacial score (nSPS) is 16.3. The van der Waals surface area contributed by atoms with Crippen molar-refractivity contribution in [1.82, 2.24) is 4.90 Å². The van der Waals surface area contributed by atoms with Crippen molar-refractivity contribution in [3.8, 4) is 0 Å². The molecule has 1 fully saturated rings. The number of rotatable bonds is 7. The molecule has 0 bridgehead atoms. The second-order valence-corrected chi connectivity index (χ2v) is 8.79. The minimum atomic E-state index is -1.14. The van der Waals surface area contributed by atoms with Crippen LogP contribution >= 0.6 is 0 Å². The van der Waals surface area contributed by atoms with E-state index in [2.05, 4.69) is 0 Å². The lowest BCUT2D eigenvalue weighted by molar-refractivity contribution is -0.131. The Balaban J connectivity index is 1.45. The number of imide groups is 1. The summed E-state index contributed by atoms with van der Waals surface area (Å²) in [4.78, 5) is 42.8. The van der Waals surface area contributed by atoms with Crippen molar-refractivity contribution in [3.63, 3.8) is 0 Å². The molecule has 2 atom stereocenters. The first kappa shape index (κ1) is 24.8. The molecule has 1 heterocycles. The molecule has 1 saturated heterocycles. The molecule has 0 unspecified atom stereocenters. The summed E-state index contributed by atoms with van der Waals surface area (Å²) in [6.07, 6.45) is -1.89. The highest BCUT2D eigenvalue weighted by Gasteiger charge is 2.56. The molecule has 0 spiro atoms. The van der Waals surface area contributed by atoms with Crippen molar-refractivity contribution >= 4 is 23.8 Å². The van der Waals surface area contributed by atoms with Crippen LogP contribution in [-0.2, 0) is 27.5 Å². The molecule has 7 nitrogen and oxygen atoms in total. The van der Waals surface area contributed by atoms with Gasteiger partial charge in [-0.25, -0.2) is 9.59 Å². The van der Waals surface area contributed by atoms with Crippen molar-refractivity contribution in [2.45, 2.75) is 25.3 Å². The zero-order valence-corrected chi connectivity index (χ0v) is 20.6. The largest absolute Gasteiger partial charge is 0.444 e. The SMILES string of the molecule is O=C(OCc1ccccc1)N(C(=O)OCc1ccccc1)[C@@H]1C(=O)N(c2ccccc2)[C@@H]1c1ccccc1. The molecule has 4 aromatic rings. The Morgan fingerprint density at radius 3 is 1.53 bits per heavy atom. The molecule has 0 radical (unpaired) electrons. The van der Waals surface area contributed by atoms with Gasteiger partial charge in [0.15, 0.2) is 6.04 Å². The fourth-order valence-corrected chi connectivity index (χ4v) is 4.46. The lowest BCUT2D eigenvalue weighted by Gasteiger charge is -2.49. The molecular weight excluding hydrogens is 480 g/mol. The van der Waals surface area contributed by atoms with Crippen LogP contribution in [0.4, 0.5) is 15.3 Å². The number of carbonyl (C=O) groups is 3. The van der Waals surface area contributed by atoms with E-state index in [-0.39, 0.29) is 13.2 Å². The molecule has 4 aromatic carbocycles. The molecule has 0 aliphatic carbocycles. The summed E-state index contributed by atoms with van der Waals surface area (Å²) in [7, 11) is 0. The Hall–Kier alpha value is -4.91. The third-order valence-electron chi connectivity index (χ3n) is 6.32. The molecule has 1 aliphatic rings. The number of β-lactam (4-membered cyclic amide) rings is 1. The van der Waals surface area contributed by atoms with Gasteiger partial charge < -0.3 is 14.4 Å². The van der Waals surface area contributed by atoms with E-state index >= 15 is 0 Å². The summed E-state index contributed by atoms with van der Waals surface area (Å²) >= 11 is 0. The first-order chi connectivity index (χ1) is 18.6. The molecule has 38 heavy (non-hydrogen) atoms. The molecule has 0 aromatic heterocycles. The van der Waals surface area contributed by atoms with Gasteiger partial charge in [0.1, 0.15) is 13.2 Å². The maximum Gasteiger partial charge on any atom is 0.420 e. The molecule has 5 rings (SSSR count). The van der Waals surface area contributed by atoms with Crippen LogP contribution in [0.5, 0.6) is 0 Å². The zero-order valence-electron chi connectivity index (χ0n) is 20.6. The number of hydrogen-bond acceptors (Lipinski definition) is 5. The molecule has 3 amide bonds. The van der Waals surface area contributed by atoms with Gasteiger partial charge in [-0.3, -0.25) is 4.79 Å². The Morgan fingerprint density at radius 2 is 1.05 bits per heavy atom. The second kappa shape index (κ2) is 11.4. The van der Waals surface area contributed by atoms with Crippen LogP contribution in [0.2, 0.25) is 0 Å². The first-order valence-electron chi connectivity index (χ1n) is 12.3. The van der Waals surface area contributed by atoms with Crippen LogP contribution in [0.1, 0.15) is 22.7 Å². The number of para-hydroxylation sites is 1. The summed E-state index contributed by atoms with van der Waals surface area (Å²) < 4.78 is 11.0. The summed E-state index contributed by atoms with van der Waals surface area (Å²) in [5.74, 6) is -0.404. The van der Waals surface area contributed by atoms with Crippen LogP contribution in [-0.4, -0.2) is 29.0 Å². The Bertz CT molecular complexity index is 1330. The number of ether oxygens (including phenoxy) is 2. The van der Waals surface area contributed by atoms with E-state index in [1.165, 1.54) is 0 Å². The van der Waals surface area contributed by atoms with Crippen molar-refractivity contribution in [2.24, 2.45) is 0 Å². The fraction of sp³-hybridized carbons (Fsp3) is 0.129. The standard InChI is InChI=1S/C31H26N2O5/c34-29-28(27(25-17-9-3-10-18-25)32(29)26-19-11-4-12-20-26)33(30(35)37-21-23-13-5-1-6-14-23)31(36)38-22-24-15-7-2-8-16-24/h1-20,27-28H,21-22H2/t27-,28+/m1/s1. The van der Waals surface area contributed by atoms with Crippen LogP contribution in [0.3, 0.4) is 0 Å². The maximum absolute atomic E-state index is 13.6. The van der Waals surface area contributed by atoms with Gasteiger partial charge in [-0.05, 0) is 28.8 Å². The molecule has 190 valence electrons. The number of benzene rings is 4. The van der Waals surface area contributed by atoms with E-state index in [0.29, 0.717) is 5.69 Å². The fourth-order valence-electron chi connectivity index (χ4n) is 4.46. The topological polar surface area (TPSA) is 76.1 Å². The minimum absolute atomic E-state index is 0.0541. The lowest BCUT2D eigenvalue weighted by Crippen LogP contribution is -2.68.